The van der Waals surface area contributed by atoms with Crippen LogP contribution in [0.3, 0.4) is 0 Å². The number of hydrogen-bond acceptors (Lipinski definition) is 3. The Morgan fingerprint density at radius 1 is 0.405 bits per heavy atom. The summed E-state index contributed by atoms with van der Waals surface area (Å²) in [5.41, 5.74) is 18.8. The van der Waals surface area contributed by atoms with Gasteiger partial charge in [-0.05, 0) is 74.8 Å². The molecule has 10 aromatic carbocycles. The third-order valence-corrected chi connectivity index (χ3v) is 14.2. The Bertz CT molecular complexity index is 3850. The molecule has 0 spiro atoms. The molecule has 358 valence electrons. The van der Waals surface area contributed by atoms with E-state index in [0.717, 1.165) is 100 Å². The van der Waals surface area contributed by atoms with Crippen molar-refractivity contribution in [1.82, 2.24) is 14.5 Å². The molecule has 0 aliphatic rings. The van der Waals surface area contributed by atoms with E-state index in [4.69, 9.17) is 9.97 Å². The first-order valence-electron chi connectivity index (χ1n) is 24.8. The van der Waals surface area contributed by atoms with Gasteiger partial charge in [0.25, 0.3) is 0 Å². The van der Waals surface area contributed by atoms with E-state index in [0.29, 0.717) is 11.4 Å². The van der Waals surface area contributed by atoms with E-state index in [1.807, 2.05) is 60.8 Å². The Morgan fingerprint density at radius 3 is 1.46 bits per heavy atom. The number of aromatic hydroxyl groups is 1. The van der Waals surface area contributed by atoms with Crippen LogP contribution in [-0.4, -0.2) is 19.6 Å². The zero-order chi connectivity index (χ0) is 49.3. The van der Waals surface area contributed by atoms with Crippen molar-refractivity contribution in [3.8, 4) is 101 Å². The summed E-state index contributed by atoms with van der Waals surface area (Å²) >= 11 is 0. The number of para-hydroxylation sites is 2. The van der Waals surface area contributed by atoms with E-state index in [2.05, 4.69) is 225 Å². The molecule has 2 heterocycles. The van der Waals surface area contributed by atoms with Gasteiger partial charge in [-0.15, -0.1) is 29.3 Å². The van der Waals surface area contributed by atoms with Crippen molar-refractivity contribution in [3.05, 3.63) is 278 Å². The molecule has 0 saturated heterocycles. The monoisotopic (exact) mass is 1130 g/mol. The molecule has 0 atom stereocenters. The third kappa shape index (κ3) is 8.99. The molecule has 1 N–H and O–H groups in total. The first kappa shape index (κ1) is 47.6. The van der Waals surface area contributed by atoms with Crippen LogP contribution in [0.25, 0.3) is 106 Å². The molecule has 0 fully saturated rings. The van der Waals surface area contributed by atoms with Gasteiger partial charge in [0.2, 0.25) is 0 Å². The molecule has 0 saturated carbocycles. The molecule has 0 aliphatic heterocycles. The Labute approximate surface area is 447 Å². The van der Waals surface area contributed by atoms with Gasteiger partial charge in [0.15, 0.2) is 0 Å². The fraction of sp³-hybridized carbons (Fsp3) is 0.0435. The van der Waals surface area contributed by atoms with Crippen molar-refractivity contribution in [2.75, 3.05) is 0 Å². The summed E-state index contributed by atoms with van der Waals surface area (Å²) in [6.07, 6.45) is 1.89. The number of imidazole rings is 1. The van der Waals surface area contributed by atoms with E-state index in [9.17, 15) is 5.11 Å². The Morgan fingerprint density at radius 2 is 0.878 bits per heavy atom. The van der Waals surface area contributed by atoms with E-state index < -0.39 is 5.41 Å². The van der Waals surface area contributed by atoms with Crippen molar-refractivity contribution in [1.29, 1.82) is 0 Å². The fourth-order valence-electron chi connectivity index (χ4n) is 10.3. The number of aromatic nitrogens is 3. The predicted octanol–water partition coefficient (Wildman–Crippen LogP) is 17.6. The SMILES string of the molecule is CC(C)(c1ccccc1)c1cc(-c2cc(-c3ccccc3)ccn2)[c-]c(-c2cccc3c2nc(-c2cccc(-c4ccccc4)c2O)n3-c2c(-c3ccccc3)cc(-c3ccccc3)cc2-c2ccccc2)c1.[Pt]. The number of nitrogens with zero attached hydrogens (tertiary/aromatic N) is 3. The average molecular weight is 1130 g/mol. The molecule has 4 nitrogen and oxygen atoms in total. The zero-order valence-corrected chi connectivity index (χ0v) is 43.2. The minimum atomic E-state index is -0.394. The van der Waals surface area contributed by atoms with Crippen LogP contribution in [0.1, 0.15) is 25.0 Å². The van der Waals surface area contributed by atoms with Crippen LogP contribution >= 0.6 is 0 Å². The van der Waals surface area contributed by atoms with Crippen molar-refractivity contribution in [2.45, 2.75) is 19.3 Å². The number of hydrogen-bond donors (Lipinski definition) is 1. The summed E-state index contributed by atoms with van der Waals surface area (Å²) in [6, 6.07) is 92.6. The maximum atomic E-state index is 12.7. The zero-order valence-electron chi connectivity index (χ0n) is 40.9. The summed E-state index contributed by atoms with van der Waals surface area (Å²) in [6.45, 7) is 4.56. The summed E-state index contributed by atoms with van der Waals surface area (Å²) in [5, 5.41) is 12.7. The molecule has 0 radical (unpaired) electrons. The minimum Gasteiger partial charge on any atom is -0.507 e. The second-order valence-corrected chi connectivity index (χ2v) is 19.0. The first-order chi connectivity index (χ1) is 35.9. The summed E-state index contributed by atoms with van der Waals surface area (Å²) < 4.78 is 2.28. The van der Waals surface area contributed by atoms with E-state index in [-0.39, 0.29) is 26.8 Å². The number of rotatable bonds is 11. The van der Waals surface area contributed by atoms with Gasteiger partial charge >= 0.3 is 0 Å². The van der Waals surface area contributed by atoms with Gasteiger partial charge in [-0.1, -0.05) is 237 Å². The second kappa shape index (κ2) is 20.4. The van der Waals surface area contributed by atoms with Crippen LogP contribution in [0.5, 0.6) is 5.75 Å². The molecular weight excluding hydrogens is 1080 g/mol. The largest absolute Gasteiger partial charge is 0.507 e. The van der Waals surface area contributed by atoms with Crippen LogP contribution in [-0.2, 0) is 26.5 Å². The van der Waals surface area contributed by atoms with Gasteiger partial charge in [-0.25, -0.2) is 4.98 Å². The van der Waals surface area contributed by atoms with Crippen LogP contribution in [0.4, 0.5) is 0 Å². The van der Waals surface area contributed by atoms with Gasteiger partial charge in [0.05, 0.1) is 22.3 Å². The van der Waals surface area contributed by atoms with Crippen molar-refractivity contribution in [3.63, 3.8) is 0 Å². The number of phenols is 1. The van der Waals surface area contributed by atoms with Crippen molar-refractivity contribution in [2.24, 2.45) is 0 Å². The van der Waals surface area contributed by atoms with Crippen molar-refractivity contribution >= 4 is 11.0 Å². The molecule has 12 aromatic rings. The maximum absolute atomic E-state index is 12.7. The fourth-order valence-corrected chi connectivity index (χ4v) is 10.3. The van der Waals surface area contributed by atoms with E-state index >= 15 is 0 Å². The summed E-state index contributed by atoms with van der Waals surface area (Å²) in [4.78, 5) is 10.8. The Kier molecular flexibility index (Phi) is 13.2. The summed E-state index contributed by atoms with van der Waals surface area (Å²) in [5.74, 6) is 0.762. The van der Waals surface area contributed by atoms with Crippen LogP contribution in [0.2, 0.25) is 0 Å². The number of benzene rings is 10. The molecule has 12 rings (SSSR count). The predicted molar refractivity (Wildman–Crippen MR) is 301 cm³/mol. The smallest absolute Gasteiger partial charge is 0.148 e. The molecule has 0 bridgehead atoms. The minimum absolute atomic E-state index is 0. The molecule has 2 aromatic heterocycles. The van der Waals surface area contributed by atoms with E-state index in [1.165, 1.54) is 5.56 Å². The number of phenolic OH excluding ortho intramolecular Hbond substituents is 1. The normalized spacial score (nSPS) is 11.3. The average Bonchev–Trinajstić information content (AvgIpc) is 3.86. The van der Waals surface area contributed by atoms with Crippen LogP contribution < -0.4 is 0 Å². The maximum Gasteiger partial charge on any atom is 0.148 e. The van der Waals surface area contributed by atoms with Gasteiger partial charge in [-0.3, -0.25) is 9.55 Å². The molecule has 0 unspecified atom stereocenters. The van der Waals surface area contributed by atoms with Gasteiger partial charge < -0.3 is 5.11 Å². The Balaban J connectivity index is 0.00000588. The summed E-state index contributed by atoms with van der Waals surface area (Å²) in [7, 11) is 0. The van der Waals surface area contributed by atoms with Gasteiger partial charge in [0, 0.05) is 55.1 Å². The molecule has 5 heteroatoms. The van der Waals surface area contributed by atoms with E-state index in [1.54, 1.807) is 0 Å². The molecule has 74 heavy (non-hydrogen) atoms. The first-order valence-corrected chi connectivity index (χ1v) is 24.8. The van der Waals surface area contributed by atoms with Crippen molar-refractivity contribution < 1.29 is 26.2 Å². The number of fused-ring (bicyclic) bond motifs is 1. The third-order valence-electron chi connectivity index (χ3n) is 14.2. The van der Waals surface area contributed by atoms with Gasteiger partial charge in [0.1, 0.15) is 11.6 Å². The number of pyridine rings is 1. The standard InChI is InChI=1S/C69H50N3O.Pt/c1-69(2,56-33-19-8-20-34-56)57-42-54(41-55(43-57)63-46-52(39-40-70-63)47-23-9-3-10-24-47)58-35-22-38-64-65(58)71-68(60-37-21-36-59(67(60)73)49-27-13-5-14-28-49)72(64)66-61(50-29-15-6-16-30-50)44-53(48-25-11-4-12-26-48)45-62(66)51-31-17-7-18-32-51;/h3-40,42-46,73H,1-2H3;/q-1;. The second-order valence-electron chi connectivity index (χ2n) is 19.0. The molecule has 0 aliphatic carbocycles. The van der Waals surface area contributed by atoms with Gasteiger partial charge in [-0.2, -0.15) is 0 Å². The van der Waals surface area contributed by atoms with Crippen LogP contribution in [0.15, 0.2) is 261 Å². The van der Waals surface area contributed by atoms with Crippen LogP contribution in [0, 0.1) is 6.07 Å². The Hall–Kier alpha value is -8.69. The topological polar surface area (TPSA) is 50.9 Å². The molecular formula is C69H50N3OPt-. The quantitative estimate of drug-likeness (QED) is 0.131. The molecule has 0 amide bonds.